The van der Waals surface area contributed by atoms with E-state index in [-0.39, 0.29) is 29.3 Å². The van der Waals surface area contributed by atoms with Crippen molar-refractivity contribution in [3.63, 3.8) is 0 Å². The SMILES string of the molecule is CC[C@H](C)[C@H](CC(=O)Cc1ccccc1)C(=O)C(C)C. The molecule has 0 aliphatic carbocycles. The van der Waals surface area contributed by atoms with E-state index in [0.717, 1.165) is 12.0 Å². The lowest BCUT2D eigenvalue weighted by atomic mass is 9.80. The molecule has 1 aromatic rings. The summed E-state index contributed by atoms with van der Waals surface area (Å²) in [5.74, 6) is 0.524. The minimum Gasteiger partial charge on any atom is -0.299 e. The molecule has 2 nitrogen and oxygen atoms in total. The fourth-order valence-electron chi connectivity index (χ4n) is 2.44. The Morgan fingerprint density at radius 3 is 2.15 bits per heavy atom. The molecule has 0 N–H and O–H groups in total. The highest BCUT2D eigenvalue weighted by molar-refractivity contribution is 5.90. The van der Waals surface area contributed by atoms with Crippen LogP contribution in [0.4, 0.5) is 0 Å². The summed E-state index contributed by atoms with van der Waals surface area (Å²) in [5.41, 5.74) is 1.03. The zero-order valence-corrected chi connectivity index (χ0v) is 13.1. The minimum atomic E-state index is -0.129. The first kappa shape index (κ1) is 16.6. The molecule has 0 bridgehead atoms. The molecule has 2 heteroatoms. The summed E-state index contributed by atoms with van der Waals surface area (Å²) in [7, 11) is 0. The molecule has 0 aromatic heterocycles. The third-order valence-corrected chi connectivity index (χ3v) is 3.96. The van der Waals surface area contributed by atoms with E-state index in [4.69, 9.17) is 0 Å². The smallest absolute Gasteiger partial charge is 0.139 e. The van der Waals surface area contributed by atoms with Crippen LogP contribution < -0.4 is 0 Å². The molecule has 0 unspecified atom stereocenters. The molecule has 0 radical (unpaired) electrons. The maximum absolute atomic E-state index is 12.3. The summed E-state index contributed by atoms with van der Waals surface area (Å²) in [6.45, 7) is 7.98. The number of rotatable bonds is 8. The second kappa shape index (κ2) is 7.98. The highest BCUT2D eigenvalue weighted by atomic mass is 16.1. The van der Waals surface area contributed by atoms with Crippen molar-refractivity contribution in [2.45, 2.75) is 47.0 Å². The Bertz CT molecular complexity index is 434. The highest BCUT2D eigenvalue weighted by Crippen LogP contribution is 2.24. The van der Waals surface area contributed by atoms with Crippen LogP contribution in [0.25, 0.3) is 0 Å². The molecule has 0 aliphatic rings. The van der Waals surface area contributed by atoms with E-state index in [1.807, 2.05) is 44.2 Å². The number of Topliss-reactive ketones (excluding diaryl/α,β-unsaturated/α-hetero) is 2. The minimum absolute atomic E-state index is 0.00137. The van der Waals surface area contributed by atoms with Gasteiger partial charge in [-0.05, 0) is 11.5 Å². The van der Waals surface area contributed by atoms with Crippen LogP contribution in [0, 0.1) is 17.8 Å². The summed E-state index contributed by atoms with van der Waals surface area (Å²) >= 11 is 0. The van der Waals surface area contributed by atoms with Crippen molar-refractivity contribution in [1.29, 1.82) is 0 Å². The fourth-order valence-corrected chi connectivity index (χ4v) is 2.44. The van der Waals surface area contributed by atoms with Gasteiger partial charge in [-0.2, -0.15) is 0 Å². The maximum atomic E-state index is 12.3. The van der Waals surface area contributed by atoms with E-state index >= 15 is 0 Å². The summed E-state index contributed by atoms with van der Waals surface area (Å²) < 4.78 is 0. The van der Waals surface area contributed by atoms with Crippen molar-refractivity contribution in [3.05, 3.63) is 35.9 Å². The van der Waals surface area contributed by atoms with Crippen LogP contribution in [-0.4, -0.2) is 11.6 Å². The molecule has 1 rings (SSSR count). The van der Waals surface area contributed by atoms with Crippen LogP contribution in [0.1, 0.15) is 46.1 Å². The Hall–Kier alpha value is -1.44. The predicted octanol–water partition coefficient (Wildman–Crippen LogP) is 4.08. The summed E-state index contributed by atoms with van der Waals surface area (Å²) in [4.78, 5) is 24.5. The summed E-state index contributed by atoms with van der Waals surface area (Å²) in [5, 5.41) is 0. The Kier molecular flexibility index (Phi) is 6.63. The van der Waals surface area contributed by atoms with Gasteiger partial charge < -0.3 is 0 Å². The first-order valence-corrected chi connectivity index (χ1v) is 7.55. The lowest BCUT2D eigenvalue weighted by Gasteiger charge is -2.23. The molecular weight excluding hydrogens is 248 g/mol. The summed E-state index contributed by atoms with van der Waals surface area (Å²) in [6, 6.07) is 9.74. The standard InChI is InChI=1S/C18H26O2/c1-5-14(4)17(18(20)13(2)3)12-16(19)11-15-9-7-6-8-10-15/h6-10,13-14,17H,5,11-12H2,1-4H3/t14-,17-/m0/s1. The molecule has 0 aliphatic heterocycles. The Morgan fingerprint density at radius 1 is 1.05 bits per heavy atom. The fraction of sp³-hybridized carbons (Fsp3) is 0.556. The molecule has 0 saturated carbocycles. The predicted molar refractivity (Wildman–Crippen MR) is 82.6 cm³/mol. The zero-order valence-electron chi connectivity index (χ0n) is 13.1. The van der Waals surface area contributed by atoms with Gasteiger partial charge in [0.1, 0.15) is 11.6 Å². The van der Waals surface area contributed by atoms with Crippen molar-refractivity contribution in [1.82, 2.24) is 0 Å². The highest BCUT2D eigenvalue weighted by Gasteiger charge is 2.28. The van der Waals surface area contributed by atoms with Crippen LogP contribution in [0.2, 0.25) is 0 Å². The second-order valence-corrected chi connectivity index (χ2v) is 5.95. The van der Waals surface area contributed by atoms with Gasteiger partial charge in [-0.25, -0.2) is 0 Å². The normalized spacial score (nSPS) is 14.1. The van der Waals surface area contributed by atoms with Crippen LogP contribution in [0.15, 0.2) is 30.3 Å². The van der Waals surface area contributed by atoms with Crippen molar-refractivity contribution in [2.24, 2.45) is 17.8 Å². The Labute approximate surface area is 122 Å². The van der Waals surface area contributed by atoms with Crippen LogP contribution in [0.3, 0.4) is 0 Å². The van der Waals surface area contributed by atoms with Gasteiger partial charge in [0.05, 0.1) is 0 Å². The first-order chi connectivity index (χ1) is 9.45. The quantitative estimate of drug-likeness (QED) is 0.716. The van der Waals surface area contributed by atoms with E-state index in [2.05, 4.69) is 13.8 Å². The van der Waals surface area contributed by atoms with Crippen molar-refractivity contribution >= 4 is 11.6 Å². The number of hydrogen-bond acceptors (Lipinski definition) is 2. The Morgan fingerprint density at radius 2 is 1.65 bits per heavy atom. The molecule has 0 fully saturated rings. The van der Waals surface area contributed by atoms with Crippen LogP contribution in [-0.2, 0) is 16.0 Å². The van der Waals surface area contributed by atoms with Crippen molar-refractivity contribution < 1.29 is 9.59 Å². The number of carbonyl (C=O) groups excluding carboxylic acids is 2. The zero-order chi connectivity index (χ0) is 15.1. The van der Waals surface area contributed by atoms with Gasteiger partial charge in [0.15, 0.2) is 0 Å². The molecule has 0 amide bonds. The van der Waals surface area contributed by atoms with Crippen LogP contribution in [0.5, 0.6) is 0 Å². The van der Waals surface area contributed by atoms with E-state index in [9.17, 15) is 9.59 Å². The number of hydrogen-bond donors (Lipinski definition) is 0. The van der Waals surface area contributed by atoms with Gasteiger partial charge in [0, 0.05) is 24.7 Å². The van der Waals surface area contributed by atoms with E-state index in [0.29, 0.717) is 12.8 Å². The molecule has 2 atom stereocenters. The van der Waals surface area contributed by atoms with Crippen molar-refractivity contribution in [3.8, 4) is 0 Å². The second-order valence-electron chi connectivity index (χ2n) is 5.95. The topological polar surface area (TPSA) is 34.1 Å². The van der Waals surface area contributed by atoms with E-state index in [1.165, 1.54) is 0 Å². The summed E-state index contributed by atoms with van der Waals surface area (Å²) in [6.07, 6.45) is 1.74. The molecule has 0 saturated heterocycles. The maximum Gasteiger partial charge on any atom is 0.139 e. The Balaban J connectivity index is 2.70. The van der Waals surface area contributed by atoms with E-state index in [1.54, 1.807) is 0 Å². The van der Waals surface area contributed by atoms with Crippen LogP contribution >= 0.6 is 0 Å². The number of benzene rings is 1. The average Bonchev–Trinajstić information content (AvgIpc) is 2.44. The van der Waals surface area contributed by atoms with Gasteiger partial charge in [-0.1, -0.05) is 64.4 Å². The van der Waals surface area contributed by atoms with Gasteiger partial charge in [-0.3, -0.25) is 9.59 Å². The number of ketones is 2. The largest absolute Gasteiger partial charge is 0.299 e. The monoisotopic (exact) mass is 274 g/mol. The van der Waals surface area contributed by atoms with Crippen molar-refractivity contribution in [2.75, 3.05) is 0 Å². The van der Waals surface area contributed by atoms with E-state index < -0.39 is 0 Å². The number of carbonyl (C=O) groups is 2. The van der Waals surface area contributed by atoms with Gasteiger partial charge in [0.25, 0.3) is 0 Å². The molecule has 110 valence electrons. The molecule has 0 heterocycles. The first-order valence-electron chi connectivity index (χ1n) is 7.55. The average molecular weight is 274 g/mol. The van der Waals surface area contributed by atoms with Gasteiger partial charge >= 0.3 is 0 Å². The third kappa shape index (κ3) is 4.92. The van der Waals surface area contributed by atoms with Gasteiger partial charge in [0.2, 0.25) is 0 Å². The lowest BCUT2D eigenvalue weighted by Crippen LogP contribution is -2.28. The molecular formula is C18H26O2. The lowest BCUT2D eigenvalue weighted by molar-refractivity contribution is -0.131. The molecule has 1 aromatic carbocycles. The van der Waals surface area contributed by atoms with Gasteiger partial charge in [-0.15, -0.1) is 0 Å². The molecule has 0 spiro atoms. The molecule has 20 heavy (non-hydrogen) atoms. The third-order valence-electron chi connectivity index (χ3n) is 3.96.